The van der Waals surface area contributed by atoms with Crippen LogP contribution in [0.3, 0.4) is 0 Å². The predicted octanol–water partition coefficient (Wildman–Crippen LogP) is 3.16. The monoisotopic (exact) mass is 253 g/mol. The predicted molar refractivity (Wildman–Crippen MR) is 73.2 cm³/mol. The summed E-state index contributed by atoms with van der Waals surface area (Å²) in [6.07, 6.45) is 3.53. The van der Waals surface area contributed by atoms with Crippen LogP contribution in [-0.2, 0) is 6.42 Å². The minimum Gasteiger partial charge on any atom is -0.316 e. The minimum absolute atomic E-state index is 0.125. The molecule has 2 atom stereocenters. The standard InChI is InChI=1S/C14H20FNS/c1-10-5-6-12(15)8-11(10)9-13(16-2)14-4-3-7-17-14/h5-6,8,13-14,16H,3-4,7,9H2,1-2H3. The second kappa shape index (κ2) is 5.87. The molecule has 0 saturated carbocycles. The summed E-state index contributed by atoms with van der Waals surface area (Å²) < 4.78 is 13.3. The zero-order valence-electron chi connectivity index (χ0n) is 10.5. The fourth-order valence-corrected chi connectivity index (χ4v) is 3.87. The van der Waals surface area contributed by atoms with Gasteiger partial charge < -0.3 is 5.32 Å². The van der Waals surface area contributed by atoms with Crippen LogP contribution in [0.5, 0.6) is 0 Å². The van der Waals surface area contributed by atoms with Gasteiger partial charge in [0.05, 0.1) is 0 Å². The van der Waals surface area contributed by atoms with Gasteiger partial charge in [0.2, 0.25) is 0 Å². The molecule has 1 aromatic rings. The molecule has 1 aromatic carbocycles. The molecule has 1 nitrogen and oxygen atoms in total. The van der Waals surface area contributed by atoms with Gasteiger partial charge in [-0.15, -0.1) is 0 Å². The van der Waals surface area contributed by atoms with E-state index < -0.39 is 0 Å². The van der Waals surface area contributed by atoms with Crippen molar-refractivity contribution in [1.82, 2.24) is 5.32 Å². The first-order chi connectivity index (χ1) is 8.20. The topological polar surface area (TPSA) is 12.0 Å². The van der Waals surface area contributed by atoms with Crippen LogP contribution in [0.1, 0.15) is 24.0 Å². The quantitative estimate of drug-likeness (QED) is 0.884. The SMILES string of the molecule is CNC(Cc1cc(F)ccc1C)C1CCCS1. The molecular formula is C14H20FNS. The molecule has 3 heteroatoms. The Labute approximate surface area is 107 Å². The molecule has 0 aliphatic carbocycles. The highest BCUT2D eigenvalue weighted by atomic mass is 32.2. The third-order valence-electron chi connectivity index (χ3n) is 3.54. The lowest BCUT2D eigenvalue weighted by Gasteiger charge is -2.23. The van der Waals surface area contributed by atoms with Crippen molar-refractivity contribution < 1.29 is 4.39 Å². The average molecular weight is 253 g/mol. The Morgan fingerprint density at radius 1 is 1.53 bits per heavy atom. The number of rotatable bonds is 4. The van der Waals surface area contributed by atoms with Gasteiger partial charge in [0, 0.05) is 11.3 Å². The molecule has 1 saturated heterocycles. The van der Waals surface area contributed by atoms with Crippen molar-refractivity contribution in [2.75, 3.05) is 12.8 Å². The minimum atomic E-state index is -0.125. The number of thioether (sulfide) groups is 1. The summed E-state index contributed by atoms with van der Waals surface area (Å²) in [4.78, 5) is 0. The normalized spacial score (nSPS) is 21.7. The molecule has 0 spiro atoms. The van der Waals surface area contributed by atoms with Crippen molar-refractivity contribution >= 4 is 11.8 Å². The van der Waals surface area contributed by atoms with Gasteiger partial charge in [-0.05, 0) is 62.2 Å². The van der Waals surface area contributed by atoms with Crippen LogP contribution in [-0.4, -0.2) is 24.1 Å². The van der Waals surface area contributed by atoms with E-state index in [0.29, 0.717) is 11.3 Å². The largest absolute Gasteiger partial charge is 0.316 e. The highest BCUT2D eigenvalue weighted by Gasteiger charge is 2.24. The fourth-order valence-electron chi connectivity index (χ4n) is 2.44. The average Bonchev–Trinajstić information content (AvgIpc) is 2.84. The van der Waals surface area contributed by atoms with Gasteiger partial charge >= 0.3 is 0 Å². The first kappa shape index (κ1) is 12.9. The van der Waals surface area contributed by atoms with Gasteiger partial charge in [-0.25, -0.2) is 4.39 Å². The molecule has 1 fully saturated rings. The van der Waals surface area contributed by atoms with Gasteiger partial charge in [-0.2, -0.15) is 11.8 Å². The van der Waals surface area contributed by atoms with Crippen LogP contribution in [0.25, 0.3) is 0 Å². The first-order valence-electron chi connectivity index (χ1n) is 6.24. The van der Waals surface area contributed by atoms with Crippen molar-refractivity contribution in [2.45, 2.75) is 37.5 Å². The highest BCUT2D eigenvalue weighted by Crippen LogP contribution is 2.30. The second-order valence-corrected chi connectivity index (χ2v) is 6.07. The summed E-state index contributed by atoms with van der Waals surface area (Å²) in [7, 11) is 2.01. The van der Waals surface area contributed by atoms with E-state index >= 15 is 0 Å². The van der Waals surface area contributed by atoms with Crippen LogP contribution in [0.4, 0.5) is 4.39 Å². The molecule has 1 aliphatic rings. The maximum atomic E-state index is 13.3. The zero-order valence-corrected chi connectivity index (χ0v) is 11.3. The molecule has 0 amide bonds. The van der Waals surface area contributed by atoms with E-state index in [4.69, 9.17) is 0 Å². The van der Waals surface area contributed by atoms with Gasteiger partial charge in [0.25, 0.3) is 0 Å². The molecular weight excluding hydrogens is 233 g/mol. The second-order valence-electron chi connectivity index (χ2n) is 4.72. The zero-order chi connectivity index (χ0) is 12.3. The Morgan fingerprint density at radius 3 is 3.00 bits per heavy atom. The van der Waals surface area contributed by atoms with Crippen LogP contribution >= 0.6 is 11.8 Å². The van der Waals surface area contributed by atoms with Crippen LogP contribution < -0.4 is 5.32 Å². The van der Waals surface area contributed by atoms with Gasteiger partial charge in [-0.1, -0.05) is 6.07 Å². The smallest absolute Gasteiger partial charge is 0.123 e. The Morgan fingerprint density at radius 2 is 2.35 bits per heavy atom. The summed E-state index contributed by atoms with van der Waals surface area (Å²) in [5.41, 5.74) is 2.33. The molecule has 0 aromatic heterocycles. The number of nitrogens with one attached hydrogen (secondary N) is 1. The fraction of sp³-hybridized carbons (Fsp3) is 0.571. The molecule has 2 rings (SSSR count). The van der Waals surface area contributed by atoms with Crippen LogP contribution in [0.15, 0.2) is 18.2 Å². The van der Waals surface area contributed by atoms with E-state index in [1.54, 1.807) is 6.07 Å². The van der Waals surface area contributed by atoms with E-state index in [1.807, 2.05) is 24.9 Å². The Kier molecular flexibility index (Phi) is 4.46. The molecule has 94 valence electrons. The molecule has 1 N–H and O–H groups in total. The number of aryl methyl sites for hydroxylation is 1. The van der Waals surface area contributed by atoms with E-state index in [2.05, 4.69) is 12.2 Å². The number of likely N-dealkylation sites (N-methyl/N-ethyl adjacent to an activating group) is 1. The van der Waals surface area contributed by atoms with Crippen molar-refractivity contribution in [1.29, 1.82) is 0 Å². The maximum Gasteiger partial charge on any atom is 0.123 e. The highest BCUT2D eigenvalue weighted by molar-refractivity contribution is 8.00. The maximum absolute atomic E-state index is 13.3. The Balaban J connectivity index is 2.09. The molecule has 1 heterocycles. The molecule has 0 radical (unpaired) electrons. The van der Waals surface area contributed by atoms with Crippen molar-refractivity contribution in [3.05, 3.63) is 35.1 Å². The summed E-state index contributed by atoms with van der Waals surface area (Å²) in [6, 6.07) is 5.55. The summed E-state index contributed by atoms with van der Waals surface area (Å²) in [6.45, 7) is 2.06. The molecule has 1 aliphatic heterocycles. The van der Waals surface area contributed by atoms with E-state index in [1.165, 1.54) is 30.2 Å². The lowest BCUT2D eigenvalue weighted by atomic mass is 9.97. The summed E-state index contributed by atoms with van der Waals surface area (Å²) in [5, 5.41) is 4.08. The van der Waals surface area contributed by atoms with E-state index in [-0.39, 0.29) is 5.82 Å². The lowest BCUT2D eigenvalue weighted by Crippen LogP contribution is -2.36. The molecule has 0 bridgehead atoms. The summed E-state index contributed by atoms with van der Waals surface area (Å²) in [5.74, 6) is 1.14. The Hall–Kier alpha value is -0.540. The van der Waals surface area contributed by atoms with Gasteiger partial charge in [0.1, 0.15) is 5.82 Å². The number of benzene rings is 1. The molecule has 17 heavy (non-hydrogen) atoms. The Bertz CT molecular complexity index is 374. The van der Waals surface area contributed by atoms with Gasteiger partial charge in [0.15, 0.2) is 0 Å². The third-order valence-corrected chi connectivity index (χ3v) is 5.05. The third kappa shape index (κ3) is 3.23. The van der Waals surface area contributed by atoms with Crippen molar-refractivity contribution in [2.24, 2.45) is 0 Å². The van der Waals surface area contributed by atoms with Gasteiger partial charge in [-0.3, -0.25) is 0 Å². The summed E-state index contributed by atoms with van der Waals surface area (Å²) >= 11 is 2.05. The molecule has 2 unspecified atom stereocenters. The van der Waals surface area contributed by atoms with E-state index in [9.17, 15) is 4.39 Å². The van der Waals surface area contributed by atoms with Crippen molar-refractivity contribution in [3.63, 3.8) is 0 Å². The first-order valence-corrected chi connectivity index (χ1v) is 7.29. The van der Waals surface area contributed by atoms with Crippen molar-refractivity contribution in [3.8, 4) is 0 Å². The number of halogens is 1. The number of hydrogen-bond donors (Lipinski definition) is 1. The lowest BCUT2D eigenvalue weighted by molar-refractivity contribution is 0.521. The van der Waals surface area contributed by atoms with E-state index in [0.717, 1.165) is 12.0 Å². The number of hydrogen-bond acceptors (Lipinski definition) is 2. The van der Waals surface area contributed by atoms with Crippen LogP contribution in [0, 0.1) is 12.7 Å². The van der Waals surface area contributed by atoms with Crippen LogP contribution in [0.2, 0.25) is 0 Å².